The van der Waals surface area contributed by atoms with E-state index in [1.165, 1.54) is 61.6 Å². The highest BCUT2D eigenvalue weighted by Crippen LogP contribution is 2.69. The number of rotatable bonds is 10. The van der Waals surface area contributed by atoms with Gasteiger partial charge in [0.15, 0.2) is 0 Å². The first kappa shape index (κ1) is 21.4. The van der Waals surface area contributed by atoms with E-state index in [2.05, 4.69) is 39.7 Å². The van der Waals surface area contributed by atoms with Crippen LogP contribution in [0.2, 0.25) is 0 Å². The predicted octanol–water partition coefficient (Wildman–Crippen LogP) is 3.54. The highest BCUT2D eigenvalue weighted by atomic mass is 35.5. The van der Waals surface area contributed by atoms with E-state index in [0.717, 1.165) is 5.66 Å². The van der Waals surface area contributed by atoms with Crippen LogP contribution in [0.25, 0.3) is 0 Å². The summed E-state index contributed by atoms with van der Waals surface area (Å²) in [4.78, 5) is 4.86. The van der Waals surface area contributed by atoms with Crippen LogP contribution in [-0.2, 0) is 0 Å². The molecule has 0 N–H and O–H groups in total. The lowest BCUT2D eigenvalue weighted by atomic mass is 10.2. The smallest absolute Gasteiger partial charge is 0.112 e. The second-order valence-corrected chi connectivity index (χ2v) is 11.8. The predicted molar refractivity (Wildman–Crippen MR) is 96.9 cm³/mol. The summed E-state index contributed by atoms with van der Waals surface area (Å²) in [6.07, 6.45) is 11.0. The number of aryl methyl sites for hydroxylation is 1. The van der Waals surface area contributed by atoms with Gasteiger partial charge in [-0.3, -0.25) is 0 Å². The minimum absolute atomic E-state index is 0. The number of nitrogens with zero attached hydrogens (tertiary/aromatic N) is 1. The molecule has 0 saturated heterocycles. The van der Waals surface area contributed by atoms with Crippen molar-refractivity contribution in [1.82, 2.24) is 4.98 Å². The Morgan fingerprint density at radius 1 is 1.10 bits per heavy atom. The van der Waals surface area contributed by atoms with E-state index < -0.39 is 7.26 Å². The van der Waals surface area contributed by atoms with Gasteiger partial charge in [-0.2, -0.15) is 0 Å². The molecule has 124 valence electrons. The first-order valence-electron chi connectivity index (χ1n) is 8.33. The zero-order valence-corrected chi connectivity index (χ0v) is 17.0. The summed E-state index contributed by atoms with van der Waals surface area (Å²) in [7, 11) is -0.893. The van der Waals surface area contributed by atoms with E-state index in [0.29, 0.717) is 0 Å². The monoisotopic (exact) mass is 349 g/mol. The van der Waals surface area contributed by atoms with Gasteiger partial charge in [0.05, 0.1) is 23.0 Å². The van der Waals surface area contributed by atoms with Crippen LogP contribution in [0, 0.1) is 6.92 Å². The van der Waals surface area contributed by atoms with Gasteiger partial charge in [0.25, 0.3) is 0 Å². The van der Waals surface area contributed by atoms with Crippen molar-refractivity contribution in [2.24, 2.45) is 0 Å². The van der Waals surface area contributed by atoms with Crippen molar-refractivity contribution in [2.75, 3.05) is 19.0 Å². The van der Waals surface area contributed by atoms with Crippen LogP contribution in [0.4, 0.5) is 0 Å². The third-order valence-corrected chi connectivity index (χ3v) is 9.83. The van der Waals surface area contributed by atoms with E-state index >= 15 is 0 Å². The van der Waals surface area contributed by atoms with Crippen LogP contribution in [0.1, 0.15) is 75.7 Å². The van der Waals surface area contributed by atoms with Crippen LogP contribution < -0.4 is 12.4 Å². The van der Waals surface area contributed by atoms with Gasteiger partial charge in [0.2, 0.25) is 0 Å². The molecule has 1 aromatic rings. The Bertz CT molecular complexity index is 373. The fourth-order valence-electron chi connectivity index (χ4n) is 3.05. The third-order valence-electron chi connectivity index (χ3n) is 4.34. The molecule has 1 rings (SSSR count). The Kier molecular flexibility index (Phi) is 11.2. The molecule has 0 radical (unpaired) electrons. The maximum absolute atomic E-state index is 4.86. The van der Waals surface area contributed by atoms with Crippen LogP contribution in [-0.4, -0.2) is 24.0 Å². The minimum atomic E-state index is -0.893. The molecule has 1 atom stereocenters. The van der Waals surface area contributed by atoms with E-state index in [1.807, 2.05) is 11.3 Å². The Hall–Kier alpha value is 0.350. The molecule has 0 fully saturated rings. The molecule has 1 heterocycles. The summed E-state index contributed by atoms with van der Waals surface area (Å²) >= 11 is 1.83. The van der Waals surface area contributed by atoms with Crippen LogP contribution in [0.3, 0.4) is 0 Å². The fraction of sp³-hybridized carbons (Fsp3) is 0.824. The largest absolute Gasteiger partial charge is 1.00 e. The number of aromatic nitrogens is 1. The molecule has 1 unspecified atom stereocenters. The minimum Gasteiger partial charge on any atom is -1.00 e. The van der Waals surface area contributed by atoms with E-state index in [4.69, 9.17) is 4.98 Å². The van der Waals surface area contributed by atoms with Crippen molar-refractivity contribution in [1.29, 1.82) is 0 Å². The number of unbranched alkanes of at least 4 members (excludes halogenated alkanes) is 2. The lowest BCUT2D eigenvalue weighted by Gasteiger charge is -2.31. The molecule has 1 nitrogen and oxygen atoms in total. The highest BCUT2D eigenvalue weighted by molar-refractivity contribution is 7.75. The van der Waals surface area contributed by atoms with Crippen LogP contribution >= 0.6 is 18.6 Å². The maximum Gasteiger partial charge on any atom is 0.112 e. The fourth-order valence-corrected chi connectivity index (χ4v) is 8.39. The van der Waals surface area contributed by atoms with E-state index in [9.17, 15) is 0 Å². The summed E-state index contributed by atoms with van der Waals surface area (Å²) in [5, 5.41) is 3.57. The molecule has 0 aliphatic heterocycles. The topological polar surface area (TPSA) is 12.9 Å². The molecule has 0 saturated carbocycles. The normalized spacial score (nSPS) is 13.0. The average Bonchev–Trinajstić information content (AvgIpc) is 2.86. The first-order valence-corrected chi connectivity index (χ1v) is 11.9. The lowest BCUT2D eigenvalue weighted by molar-refractivity contribution is -0.00000465. The molecule has 0 aliphatic rings. The lowest BCUT2D eigenvalue weighted by Crippen LogP contribution is -3.00. The standard InChI is InChI=1S/C17H33NPS.ClH/c1-6-9-12-19(5,13-10-7-2)17(11-8-3)16-14-20-15(4)18-16;/h14,17H,6-13H2,1-5H3;1H/q+1;/p-1. The van der Waals surface area contributed by atoms with Crippen molar-refractivity contribution >= 4 is 18.6 Å². The van der Waals surface area contributed by atoms with Crippen molar-refractivity contribution in [3.63, 3.8) is 0 Å². The van der Waals surface area contributed by atoms with Crippen molar-refractivity contribution in [3.05, 3.63) is 16.1 Å². The molecular formula is C17H33ClNPS. The number of thiazole rings is 1. The summed E-state index contributed by atoms with van der Waals surface area (Å²) in [5.74, 6) is 0. The van der Waals surface area contributed by atoms with Crippen LogP contribution in [0.15, 0.2) is 5.38 Å². The molecule has 0 amide bonds. The van der Waals surface area contributed by atoms with Crippen molar-refractivity contribution in [2.45, 2.75) is 71.9 Å². The molecule has 0 aromatic carbocycles. The third kappa shape index (κ3) is 6.55. The van der Waals surface area contributed by atoms with E-state index in [1.54, 1.807) is 0 Å². The Labute approximate surface area is 143 Å². The summed E-state index contributed by atoms with van der Waals surface area (Å²) in [6, 6.07) is 0. The number of hydrogen-bond acceptors (Lipinski definition) is 2. The highest BCUT2D eigenvalue weighted by Gasteiger charge is 2.41. The second-order valence-electron chi connectivity index (χ2n) is 6.23. The Morgan fingerprint density at radius 3 is 2.05 bits per heavy atom. The van der Waals surface area contributed by atoms with Gasteiger partial charge in [-0.15, -0.1) is 11.3 Å². The Morgan fingerprint density at radius 2 is 1.67 bits per heavy atom. The van der Waals surface area contributed by atoms with Gasteiger partial charge >= 0.3 is 0 Å². The quantitative estimate of drug-likeness (QED) is 0.589. The second kappa shape index (κ2) is 11.0. The van der Waals surface area contributed by atoms with Crippen molar-refractivity contribution in [3.8, 4) is 0 Å². The Balaban J connectivity index is 0.00000400. The van der Waals surface area contributed by atoms with Gasteiger partial charge < -0.3 is 12.4 Å². The molecular weight excluding hydrogens is 317 g/mol. The summed E-state index contributed by atoms with van der Waals surface area (Å²) in [6.45, 7) is 11.8. The maximum atomic E-state index is 4.86. The van der Waals surface area contributed by atoms with Gasteiger partial charge in [-0.05, 0) is 26.2 Å². The van der Waals surface area contributed by atoms with Gasteiger partial charge in [-0.1, -0.05) is 40.0 Å². The van der Waals surface area contributed by atoms with Gasteiger partial charge in [0.1, 0.15) is 5.66 Å². The molecule has 0 aliphatic carbocycles. The molecule has 4 heteroatoms. The zero-order chi connectivity index (χ0) is 15.0. The van der Waals surface area contributed by atoms with Crippen LogP contribution in [0.5, 0.6) is 0 Å². The summed E-state index contributed by atoms with van der Waals surface area (Å²) in [5.41, 5.74) is 2.17. The molecule has 1 aromatic heterocycles. The SMILES string of the molecule is CCCC[P+](C)(CCCC)C(CCC)c1csc(C)n1.[Cl-]. The summed E-state index contributed by atoms with van der Waals surface area (Å²) < 4.78 is 0. The molecule has 0 spiro atoms. The van der Waals surface area contributed by atoms with Crippen molar-refractivity contribution < 1.29 is 12.4 Å². The number of hydrogen-bond donors (Lipinski definition) is 0. The molecule has 0 bridgehead atoms. The molecule has 21 heavy (non-hydrogen) atoms. The first-order chi connectivity index (χ1) is 9.57. The average molecular weight is 350 g/mol. The van der Waals surface area contributed by atoms with E-state index in [-0.39, 0.29) is 12.4 Å². The van der Waals surface area contributed by atoms with Gasteiger partial charge in [0, 0.05) is 19.3 Å². The number of halogens is 1. The zero-order valence-electron chi connectivity index (χ0n) is 14.5. The van der Waals surface area contributed by atoms with Gasteiger partial charge in [-0.25, -0.2) is 4.98 Å².